The molecular formula is C29H35F3N6O. The second-order valence-electron chi connectivity index (χ2n) is 10.2. The fourth-order valence-electron chi connectivity index (χ4n) is 5.03. The number of hydrogen-bond acceptors (Lipinski definition) is 7. The summed E-state index contributed by atoms with van der Waals surface area (Å²) in [6.07, 6.45) is 1.38. The number of nitrogens with one attached hydrogen (secondary N) is 1. The van der Waals surface area contributed by atoms with E-state index in [2.05, 4.69) is 55.1 Å². The molecule has 0 saturated carbocycles. The molecule has 208 valence electrons. The molecule has 5 rings (SSSR count). The van der Waals surface area contributed by atoms with Crippen molar-refractivity contribution < 1.29 is 18.0 Å². The maximum Gasteiger partial charge on any atom is 0.416 e. The van der Waals surface area contributed by atoms with Crippen LogP contribution in [-0.4, -0.2) is 72.9 Å². The topological polar surface area (TPSA) is 64.6 Å². The van der Waals surface area contributed by atoms with Crippen molar-refractivity contribution >= 4 is 17.7 Å². The standard InChI is InChI=1S/C15H18N4.C14H17F3N2O/c1-11-8-19(14-6-17-10-18-7-14)9-12-5-13(16-2)3-4-15(11)12;1-18-2-4-19(5-3-18)9-11-6-12(10-20)8-13(7-11)14(15,16)17/h3-7,10-11,16H,8-9H2,1-2H3;6-8,10H,2-5,9H2,1H3. The Hall–Kier alpha value is -3.50. The number of rotatable bonds is 5. The molecule has 1 saturated heterocycles. The molecule has 2 aliphatic rings. The summed E-state index contributed by atoms with van der Waals surface area (Å²) in [5.41, 5.74) is 4.94. The van der Waals surface area contributed by atoms with Gasteiger partial charge in [-0.15, -0.1) is 0 Å². The zero-order valence-electron chi connectivity index (χ0n) is 22.6. The normalized spacial score (nSPS) is 18.1. The third-order valence-electron chi connectivity index (χ3n) is 7.21. The molecule has 39 heavy (non-hydrogen) atoms. The zero-order valence-corrected chi connectivity index (χ0v) is 22.6. The fraction of sp³-hybridized carbons (Fsp3) is 0.414. The smallest absolute Gasteiger partial charge is 0.388 e. The Morgan fingerprint density at radius 1 is 1.05 bits per heavy atom. The summed E-state index contributed by atoms with van der Waals surface area (Å²) in [7, 11) is 3.98. The monoisotopic (exact) mass is 540 g/mol. The van der Waals surface area contributed by atoms with E-state index in [4.69, 9.17) is 0 Å². The van der Waals surface area contributed by atoms with Crippen LogP contribution in [0.25, 0.3) is 0 Å². The van der Waals surface area contributed by atoms with Crippen LogP contribution in [-0.2, 0) is 19.3 Å². The van der Waals surface area contributed by atoms with E-state index >= 15 is 0 Å². The average molecular weight is 541 g/mol. The molecule has 1 fully saturated rings. The lowest BCUT2D eigenvalue weighted by Crippen LogP contribution is -2.43. The Morgan fingerprint density at radius 2 is 1.77 bits per heavy atom. The van der Waals surface area contributed by atoms with E-state index in [-0.39, 0.29) is 5.56 Å². The molecule has 7 nitrogen and oxygen atoms in total. The molecule has 0 spiro atoms. The van der Waals surface area contributed by atoms with Gasteiger partial charge in [0.25, 0.3) is 0 Å². The maximum absolute atomic E-state index is 12.8. The lowest BCUT2D eigenvalue weighted by Gasteiger charge is -2.34. The third-order valence-corrected chi connectivity index (χ3v) is 7.21. The van der Waals surface area contributed by atoms with Gasteiger partial charge in [0.15, 0.2) is 0 Å². The fourth-order valence-corrected chi connectivity index (χ4v) is 5.03. The first kappa shape index (κ1) is 28.5. The van der Waals surface area contributed by atoms with Gasteiger partial charge in [0, 0.05) is 64.1 Å². The van der Waals surface area contributed by atoms with Crippen molar-refractivity contribution in [2.75, 3.05) is 57.0 Å². The number of halogens is 3. The molecule has 10 heteroatoms. The van der Waals surface area contributed by atoms with Gasteiger partial charge in [-0.05, 0) is 60.0 Å². The molecular weight excluding hydrogens is 505 g/mol. The van der Waals surface area contributed by atoms with Gasteiger partial charge in [-0.2, -0.15) is 13.2 Å². The molecule has 2 aromatic carbocycles. The summed E-state index contributed by atoms with van der Waals surface area (Å²) in [5, 5.41) is 3.20. The highest BCUT2D eigenvalue weighted by Gasteiger charge is 2.31. The molecule has 0 amide bonds. The van der Waals surface area contributed by atoms with E-state index in [0.717, 1.165) is 62.8 Å². The first-order valence-electron chi connectivity index (χ1n) is 13.0. The second-order valence-corrected chi connectivity index (χ2v) is 10.2. The highest BCUT2D eigenvalue weighted by atomic mass is 19.4. The molecule has 0 radical (unpaired) electrons. The summed E-state index contributed by atoms with van der Waals surface area (Å²) >= 11 is 0. The van der Waals surface area contributed by atoms with Crippen molar-refractivity contribution in [3.8, 4) is 0 Å². The van der Waals surface area contributed by atoms with E-state index in [1.807, 2.05) is 26.5 Å². The van der Waals surface area contributed by atoms with Crippen molar-refractivity contribution in [1.29, 1.82) is 0 Å². The van der Waals surface area contributed by atoms with Crippen LogP contribution < -0.4 is 10.2 Å². The number of piperazine rings is 1. The Labute approximate surface area is 227 Å². The highest BCUT2D eigenvalue weighted by Crippen LogP contribution is 2.32. The van der Waals surface area contributed by atoms with Crippen LogP contribution in [0.1, 0.15) is 45.5 Å². The van der Waals surface area contributed by atoms with Crippen molar-refractivity contribution in [2.45, 2.75) is 32.1 Å². The first-order valence-corrected chi connectivity index (χ1v) is 13.0. The van der Waals surface area contributed by atoms with Crippen LogP contribution in [0.3, 0.4) is 0 Å². The van der Waals surface area contributed by atoms with Gasteiger partial charge < -0.3 is 15.1 Å². The predicted octanol–water partition coefficient (Wildman–Crippen LogP) is 4.91. The summed E-state index contributed by atoms with van der Waals surface area (Å²) in [6, 6.07) is 10.2. The number of anilines is 2. The number of aldehydes is 1. The Bertz CT molecular complexity index is 1250. The Morgan fingerprint density at radius 3 is 2.41 bits per heavy atom. The van der Waals surface area contributed by atoms with Gasteiger partial charge in [0.2, 0.25) is 0 Å². The van der Waals surface area contributed by atoms with E-state index in [1.54, 1.807) is 6.33 Å². The van der Waals surface area contributed by atoms with Gasteiger partial charge in [-0.25, -0.2) is 9.97 Å². The van der Waals surface area contributed by atoms with Crippen LogP contribution in [0.2, 0.25) is 0 Å². The lowest BCUT2D eigenvalue weighted by atomic mass is 9.90. The van der Waals surface area contributed by atoms with Crippen molar-refractivity contribution in [1.82, 2.24) is 19.8 Å². The summed E-state index contributed by atoms with van der Waals surface area (Å²) in [4.78, 5) is 25.6. The molecule has 1 aromatic heterocycles. The number of fused-ring (bicyclic) bond motifs is 1. The zero-order chi connectivity index (χ0) is 28.0. The Kier molecular flexibility index (Phi) is 9.19. The predicted molar refractivity (Wildman–Crippen MR) is 147 cm³/mol. The highest BCUT2D eigenvalue weighted by molar-refractivity contribution is 5.75. The SMILES string of the molecule is CN1CCN(Cc2cc(C=O)cc(C(F)(F)F)c2)CC1.CNc1ccc2c(c1)CN(c1cncnc1)CC2C. The molecule has 3 aromatic rings. The van der Waals surface area contributed by atoms with Crippen molar-refractivity contribution in [2.24, 2.45) is 0 Å². The minimum Gasteiger partial charge on any atom is -0.388 e. The number of hydrogen-bond donors (Lipinski definition) is 1. The van der Waals surface area contributed by atoms with Gasteiger partial charge in [0.1, 0.15) is 12.6 Å². The largest absolute Gasteiger partial charge is 0.416 e. The maximum atomic E-state index is 12.8. The first-order chi connectivity index (χ1) is 18.7. The van der Waals surface area contributed by atoms with E-state index < -0.39 is 11.7 Å². The van der Waals surface area contributed by atoms with Crippen LogP contribution in [0.5, 0.6) is 0 Å². The average Bonchev–Trinajstić information content (AvgIpc) is 2.94. The molecule has 1 N–H and O–H groups in total. The van der Waals surface area contributed by atoms with Crippen molar-refractivity contribution in [3.63, 3.8) is 0 Å². The van der Waals surface area contributed by atoms with Crippen LogP contribution in [0.4, 0.5) is 24.5 Å². The molecule has 0 aliphatic carbocycles. The number of carbonyl (C=O) groups excluding carboxylic acids is 1. The molecule has 2 aliphatic heterocycles. The number of alkyl halides is 3. The van der Waals surface area contributed by atoms with Crippen LogP contribution in [0, 0.1) is 0 Å². The Balaban J connectivity index is 0.000000181. The van der Waals surface area contributed by atoms with E-state index in [0.29, 0.717) is 24.3 Å². The third kappa shape index (κ3) is 7.54. The molecule has 1 unspecified atom stereocenters. The minimum absolute atomic E-state index is 0.0731. The van der Waals surface area contributed by atoms with Gasteiger partial charge in [-0.3, -0.25) is 9.69 Å². The van der Waals surface area contributed by atoms with Crippen LogP contribution in [0.15, 0.2) is 55.1 Å². The number of carbonyl (C=O) groups is 1. The van der Waals surface area contributed by atoms with Gasteiger partial charge >= 0.3 is 6.18 Å². The molecule has 1 atom stereocenters. The molecule has 0 bridgehead atoms. The summed E-state index contributed by atoms with van der Waals surface area (Å²) < 4.78 is 38.3. The van der Waals surface area contributed by atoms with Crippen LogP contribution >= 0.6 is 0 Å². The lowest BCUT2D eigenvalue weighted by molar-refractivity contribution is -0.137. The number of likely N-dealkylation sites (N-methyl/N-ethyl adjacent to an activating group) is 1. The number of nitrogens with zero attached hydrogens (tertiary/aromatic N) is 5. The minimum atomic E-state index is -4.42. The summed E-state index contributed by atoms with van der Waals surface area (Å²) in [5.74, 6) is 0.523. The second kappa shape index (κ2) is 12.6. The molecule has 3 heterocycles. The van der Waals surface area contributed by atoms with Crippen molar-refractivity contribution in [3.05, 3.63) is 82.9 Å². The van der Waals surface area contributed by atoms with E-state index in [9.17, 15) is 18.0 Å². The summed E-state index contributed by atoms with van der Waals surface area (Å²) in [6.45, 7) is 8.10. The number of benzene rings is 2. The number of aromatic nitrogens is 2. The van der Waals surface area contributed by atoms with E-state index in [1.165, 1.54) is 17.2 Å². The van der Waals surface area contributed by atoms with Gasteiger partial charge in [-0.1, -0.05) is 13.0 Å². The van der Waals surface area contributed by atoms with Gasteiger partial charge in [0.05, 0.1) is 23.6 Å². The quantitative estimate of drug-likeness (QED) is 0.462.